The maximum absolute atomic E-state index is 12.6. The fourth-order valence-electron chi connectivity index (χ4n) is 2.37. The molecule has 1 fully saturated rings. The van der Waals surface area contributed by atoms with Gasteiger partial charge in [-0.25, -0.2) is 4.79 Å². The molecule has 1 aromatic carbocycles. The van der Waals surface area contributed by atoms with Gasteiger partial charge in [-0.2, -0.15) is 0 Å². The van der Waals surface area contributed by atoms with E-state index in [1.54, 1.807) is 37.3 Å². The van der Waals surface area contributed by atoms with Crippen LogP contribution in [-0.2, 0) is 16.9 Å². The van der Waals surface area contributed by atoms with Crippen LogP contribution >= 0.6 is 11.6 Å². The van der Waals surface area contributed by atoms with Gasteiger partial charge in [-0.15, -0.1) is 0 Å². The Kier molecular flexibility index (Phi) is 3.22. The first-order valence-corrected chi connectivity index (χ1v) is 6.81. The lowest BCUT2D eigenvalue weighted by atomic mass is 9.99. The van der Waals surface area contributed by atoms with Crippen molar-refractivity contribution in [3.05, 3.63) is 59.0 Å². The van der Waals surface area contributed by atoms with Crippen molar-refractivity contribution < 1.29 is 14.0 Å². The Hall–Kier alpha value is -2.27. The summed E-state index contributed by atoms with van der Waals surface area (Å²) >= 11 is 6.08. The predicted molar refractivity (Wildman–Crippen MR) is 76.6 cm³/mol. The van der Waals surface area contributed by atoms with Gasteiger partial charge in [-0.3, -0.25) is 9.69 Å². The summed E-state index contributed by atoms with van der Waals surface area (Å²) < 4.78 is 5.27. The Morgan fingerprint density at radius 3 is 2.67 bits per heavy atom. The van der Waals surface area contributed by atoms with E-state index < -0.39 is 11.6 Å². The van der Waals surface area contributed by atoms with Crippen LogP contribution in [-0.4, -0.2) is 16.8 Å². The van der Waals surface area contributed by atoms with E-state index >= 15 is 0 Å². The number of rotatable bonds is 3. The minimum Gasteiger partial charge on any atom is -0.466 e. The second kappa shape index (κ2) is 4.93. The molecule has 1 atom stereocenters. The molecule has 5 nitrogen and oxygen atoms in total. The summed E-state index contributed by atoms with van der Waals surface area (Å²) in [6, 6.07) is 10.00. The number of amides is 3. The maximum Gasteiger partial charge on any atom is 0.325 e. The molecule has 3 amide bonds. The van der Waals surface area contributed by atoms with Crippen molar-refractivity contribution in [1.82, 2.24) is 10.2 Å². The normalized spacial score (nSPS) is 21.7. The highest BCUT2D eigenvalue weighted by Crippen LogP contribution is 2.30. The van der Waals surface area contributed by atoms with Crippen molar-refractivity contribution in [3.63, 3.8) is 0 Å². The third kappa shape index (κ3) is 2.19. The van der Waals surface area contributed by atoms with Crippen LogP contribution in [0, 0.1) is 0 Å². The van der Waals surface area contributed by atoms with Crippen LogP contribution in [0.15, 0.2) is 47.1 Å². The highest BCUT2D eigenvalue weighted by atomic mass is 35.5. The highest BCUT2D eigenvalue weighted by Gasteiger charge is 2.50. The lowest BCUT2D eigenvalue weighted by Gasteiger charge is -2.19. The average molecular weight is 305 g/mol. The van der Waals surface area contributed by atoms with E-state index in [4.69, 9.17) is 16.0 Å². The molecule has 3 rings (SSSR count). The first-order valence-electron chi connectivity index (χ1n) is 6.44. The fourth-order valence-corrected chi connectivity index (χ4v) is 2.56. The van der Waals surface area contributed by atoms with Crippen molar-refractivity contribution in [2.24, 2.45) is 0 Å². The minimum absolute atomic E-state index is 0.126. The number of carbonyl (C=O) groups excluding carboxylic acids is 2. The van der Waals surface area contributed by atoms with Gasteiger partial charge in [0.1, 0.15) is 5.76 Å². The first kappa shape index (κ1) is 13.7. The third-order valence-corrected chi connectivity index (χ3v) is 3.94. The summed E-state index contributed by atoms with van der Waals surface area (Å²) in [6.07, 6.45) is 1.47. The van der Waals surface area contributed by atoms with E-state index in [0.29, 0.717) is 16.3 Å². The van der Waals surface area contributed by atoms with Gasteiger partial charge in [-0.05, 0) is 30.7 Å². The van der Waals surface area contributed by atoms with E-state index in [-0.39, 0.29) is 12.5 Å². The molecule has 108 valence electrons. The molecule has 0 unspecified atom stereocenters. The van der Waals surface area contributed by atoms with Crippen molar-refractivity contribution in [2.45, 2.75) is 19.0 Å². The number of benzene rings is 1. The largest absolute Gasteiger partial charge is 0.466 e. The zero-order valence-corrected chi connectivity index (χ0v) is 12.1. The molecular formula is C15H13ClN2O3. The molecule has 21 heavy (non-hydrogen) atoms. The van der Waals surface area contributed by atoms with Gasteiger partial charge in [0.2, 0.25) is 0 Å². The lowest BCUT2D eigenvalue weighted by molar-refractivity contribution is -0.132. The zero-order chi connectivity index (χ0) is 15.0. The SMILES string of the molecule is C[C@]1(c2ccco2)NC(=O)N(Cc2ccccc2Cl)C1=O. The van der Waals surface area contributed by atoms with E-state index in [2.05, 4.69) is 5.32 Å². The van der Waals surface area contributed by atoms with Crippen LogP contribution in [0.4, 0.5) is 4.79 Å². The average Bonchev–Trinajstić information content (AvgIpc) is 3.06. The van der Waals surface area contributed by atoms with Crippen molar-refractivity contribution in [2.75, 3.05) is 0 Å². The third-order valence-electron chi connectivity index (χ3n) is 3.58. The number of nitrogens with zero attached hydrogens (tertiary/aromatic N) is 1. The molecule has 0 aliphatic carbocycles. The standard InChI is InChI=1S/C15H13ClN2O3/c1-15(12-7-4-8-21-12)13(19)18(14(20)17-15)9-10-5-2-3-6-11(10)16/h2-8H,9H2,1H3,(H,17,20)/t15-/m1/s1. The van der Waals surface area contributed by atoms with Gasteiger partial charge in [0.15, 0.2) is 5.54 Å². The number of hydrogen-bond donors (Lipinski definition) is 1. The zero-order valence-electron chi connectivity index (χ0n) is 11.3. The number of hydrogen-bond acceptors (Lipinski definition) is 3. The van der Waals surface area contributed by atoms with Crippen LogP contribution in [0.1, 0.15) is 18.2 Å². The quantitative estimate of drug-likeness (QED) is 0.887. The van der Waals surface area contributed by atoms with Crippen LogP contribution in [0.2, 0.25) is 5.02 Å². The molecule has 0 radical (unpaired) electrons. The number of urea groups is 1. The molecule has 0 bridgehead atoms. The van der Waals surface area contributed by atoms with Crippen LogP contribution in [0.3, 0.4) is 0 Å². The molecule has 0 saturated carbocycles. The molecule has 1 aliphatic heterocycles. The van der Waals surface area contributed by atoms with E-state index in [1.807, 2.05) is 6.07 Å². The molecule has 2 heterocycles. The van der Waals surface area contributed by atoms with Gasteiger partial charge in [0.25, 0.3) is 5.91 Å². The summed E-state index contributed by atoms with van der Waals surface area (Å²) in [5.74, 6) is 0.0462. The Labute approximate surface area is 126 Å². The monoisotopic (exact) mass is 304 g/mol. The molecule has 1 aliphatic rings. The smallest absolute Gasteiger partial charge is 0.325 e. The van der Waals surface area contributed by atoms with E-state index in [9.17, 15) is 9.59 Å². The number of nitrogens with one attached hydrogen (secondary N) is 1. The van der Waals surface area contributed by atoms with E-state index in [1.165, 1.54) is 6.26 Å². The van der Waals surface area contributed by atoms with Crippen LogP contribution in [0.5, 0.6) is 0 Å². The highest BCUT2D eigenvalue weighted by molar-refractivity contribution is 6.31. The maximum atomic E-state index is 12.6. The van der Waals surface area contributed by atoms with Crippen LogP contribution < -0.4 is 5.32 Å². The van der Waals surface area contributed by atoms with Gasteiger partial charge < -0.3 is 9.73 Å². The lowest BCUT2D eigenvalue weighted by Crippen LogP contribution is -2.40. The molecule has 6 heteroatoms. The summed E-state index contributed by atoms with van der Waals surface area (Å²) in [4.78, 5) is 25.9. The number of halogens is 1. The topological polar surface area (TPSA) is 62.6 Å². The molecule has 1 saturated heterocycles. The summed E-state index contributed by atoms with van der Waals surface area (Å²) in [5.41, 5.74) is -0.465. The van der Waals surface area contributed by atoms with Crippen molar-refractivity contribution in [1.29, 1.82) is 0 Å². The summed E-state index contributed by atoms with van der Waals surface area (Å²) in [6.45, 7) is 1.75. The van der Waals surface area contributed by atoms with Crippen LogP contribution in [0.25, 0.3) is 0 Å². The Balaban J connectivity index is 1.90. The molecule has 1 aromatic heterocycles. The minimum atomic E-state index is -1.18. The predicted octanol–water partition coefficient (Wildman–Crippen LogP) is 2.90. The van der Waals surface area contributed by atoms with Gasteiger partial charge >= 0.3 is 6.03 Å². The first-order chi connectivity index (χ1) is 10.0. The van der Waals surface area contributed by atoms with E-state index in [0.717, 1.165) is 4.90 Å². The number of furan rings is 1. The van der Waals surface area contributed by atoms with Crippen molar-refractivity contribution >= 4 is 23.5 Å². The van der Waals surface area contributed by atoms with Crippen molar-refractivity contribution in [3.8, 4) is 0 Å². The Bertz CT molecular complexity index is 699. The molecule has 0 spiro atoms. The Morgan fingerprint density at radius 1 is 1.24 bits per heavy atom. The fraction of sp³-hybridized carbons (Fsp3) is 0.200. The van der Waals surface area contributed by atoms with Gasteiger partial charge in [0.05, 0.1) is 12.8 Å². The number of imide groups is 1. The Morgan fingerprint density at radius 2 is 2.00 bits per heavy atom. The summed E-state index contributed by atoms with van der Waals surface area (Å²) in [5, 5.41) is 3.19. The van der Waals surface area contributed by atoms with Gasteiger partial charge in [0, 0.05) is 5.02 Å². The van der Waals surface area contributed by atoms with Gasteiger partial charge in [-0.1, -0.05) is 29.8 Å². The molecular weight excluding hydrogens is 292 g/mol. The molecule has 1 N–H and O–H groups in total. The summed E-state index contributed by atoms with van der Waals surface area (Å²) in [7, 11) is 0. The second-order valence-electron chi connectivity index (χ2n) is 5.02. The second-order valence-corrected chi connectivity index (χ2v) is 5.42. The molecule has 2 aromatic rings. The number of carbonyl (C=O) groups is 2.